The summed E-state index contributed by atoms with van der Waals surface area (Å²) in [6, 6.07) is 0. The summed E-state index contributed by atoms with van der Waals surface area (Å²) >= 11 is 0. The van der Waals surface area contributed by atoms with Crippen LogP contribution in [-0.2, 0) is 12.8 Å². The Morgan fingerprint density at radius 2 is 1.53 bits per heavy atom. The summed E-state index contributed by atoms with van der Waals surface area (Å²) in [5.41, 5.74) is 9.19. The molecule has 0 fully saturated rings. The van der Waals surface area contributed by atoms with Gasteiger partial charge in [0.15, 0.2) is 0 Å². The minimum atomic E-state index is 0.493. The highest BCUT2D eigenvalue weighted by Crippen LogP contribution is 2.16. The Labute approximate surface area is 105 Å². The second kappa shape index (κ2) is 6.10. The van der Waals surface area contributed by atoms with Crippen molar-refractivity contribution < 1.29 is 0 Å². The van der Waals surface area contributed by atoms with E-state index in [1.165, 1.54) is 5.56 Å². The lowest BCUT2D eigenvalue weighted by Crippen LogP contribution is -2.16. The van der Waals surface area contributed by atoms with Crippen LogP contribution in [0.4, 0.5) is 0 Å². The third-order valence-corrected chi connectivity index (χ3v) is 3.01. The highest BCUT2D eigenvalue weighted by molar-refractivity contribution is 5.25. The van der Waals surface area contributed by atoms with Gasteiger partial charge < -0.3 is 5.73 Å². The summed E-state index contributed by atoms with van der Waals surface area (Å²) in [4.78, 5) is 9.22. The Balaban J connectivity index is 2.94. The topological polar surface area (TPSA) is 51.8 Å². The Morgan fingerprint density at radius 3 is 1.94 bits per heavy atom. The maximum absolute atomic E-state index is 5.68. The van der Waals surface area contributed by atoms with E-state index in [0.717, 1.165) is 30.1 Å². The molecule has 96 valence electrons. The fourth-order valence-corrected chi connectivity index (χ4v) is 1.99. The van der Waals surface area contributed by atoms with Gasteiger partial charge in [0, 0.05) is 17.8 Å². The van der Waals surface area contributed by atoms with Crippen LogP contribution in [-0.4, -0.2) is 16.5 Å². The Bertz CT molecular complexity index is 349. The van der Waals surface area contributed by atoms with Gasteiger partial charge >= 0.3 is 0 Å². The Kier molecular flexibility index (Phi) is 5.06. The lowest BCUT2D eigenvalue weighted by Gasteiger charge is -2.14. The number of aromatic nitrogens is 2. The van der Waals surface area contributed by atoms with E-state index in [0.29, 0.717) is 18.4 Å². The number of nitrogens with two attached hydrogens (primary N) is 1. The van der Waals surface area contributed by atoms with Crippen LogP contribution in [0.3, 0.4) is 0 Å². The molecule has 0 radical (unpaired) electrons. The van der Waals surface area contributed by atoms with Crippen LogP contribution in [0, 0.1) is 25.7 Å². The van der Waals surface area contributed by atoms with Gasteiger partial charge in [-0.05, 0) is 44.2 Å². The summed E-state index contributed by atoms with van der Waals surface area (Å²) < 4.78 is 0. The molecule has 1 aromatic rings. The standard InChI is InChI=1S/C14H25N3/c1-9(2)6-14-16-11(4)13(12(5)17-14)7-10(3)8-15/h9-10H,6-8,15H2,1-5H3. The molecule has 0 saturated heterocycles. The van der Waals surface area contributed by atoms with Gasteiger partial charge in [0.05, 0.1) is 0 Å². The third-order valence-electron chi connectivity index (χ3n) is 3.01. The van der Waals surface area contributed by atoms with Crippen molar-refractivity contribution in [2.24, 2.45) is 17.6 Å². The molecule has 1 rings (SSSR count). The van der Waals surface area contributed by atoms with E-state index >= 15 is 0 Å². The van der Waals surface area contributed by atoms with Gasteiger partial charge in [-0.15, -0.1) is 0 Å². The number of nitrogens with zero attached hydrogens (tertiary/aromatic N) is 2. The normalized spacial score (nSPS) is 13.1. The molecular weight excluding hydrogens is 210 g/mol. The minimum absolute atomic E-state index is 0.493. The van der Waals surface area contributed by atoms with Gasteiger partial charge in [0.2, 0.25) is 0 Å². The monoisotopic (exact) mass is 235 g/mol. The van der Waals surface area contributed by atoms with Crippen LogP contribution in [0.1, 0.15) is 43.5 Å². The summed E-state index contributed by atoms with van der Waals surface area (Å²) in [7, 11) is 0. The summed E-state index contributed by atoms with van der Waals surface area (Å²) in [6.45, 7) is 11.4. The van der Waals surface area contributed by atoms with E-state index in [2.05, 4.69) is 44.6 Å². The van der Waals surface area contributed by atoms with Gasteiger partial charge in [0.1, 0.15) is 5.82 Å². The molecule has 0 aliphatic heterocycles. The molecule has 0 aliphatic rings. The summed E-state index contributed by atoms with van der Waals surface area (Å²) in [5.74, 6) is 2.06. The molecule has 2 N–H and O–H groups in total. The molecule has 1 aromatic heterocycles. The van der Waals surface area contributed by atoms with Crippen LogP contribution in [0.25, 0.3) is 0 Å². The summed E-state index contributed by atoms with van der Waals surface area (Å²) in [5, 5.41) is 0. The van der Waals surface area contributed by atoms with Gasteiger partial charge in [-0.1, -0.05) is 20.8 Å². The highest BCUT2D eigenvalue weighted by atomic mass is 14.9. The SMILES string of the molecule is Cc1nc(CC(C)C)nc(C)c1CC(C)CN. The van der Waals surface area contributed by atoms with E-state index in [9.17, 15) is 0 Å². The molecule has 1 unspecified atom stereocenters. The predicted molar refractivity (Wildman–Crippen MR) is 72.0 cm³/mol. The van der Waals surface area contributed by atoms with Crippen molar-refractivity contribution in [3.63, 3.8) is 0 Å². The molecule has 0 bridgehead atoms. The fraction of sp³-hybridized carbons (Fsp3) is 0.714. The van der Waals surface area contributed by atoms with E-state index in [4.69, 9.17) is 5.73 Å². The lowest BCUT2D eigenvalue weighted by atomic mass is 9.98. The fourth-order valence-electron chi connectivity index (χ4n) is 1.99. The molecule has 1 atom stereocenters. The van der Waals surface area contributed by atoms with Crippen molar-refractivity contribution in [1.82, 2.24) is 9.97 Å². The maximum Gasteiger partial charge on any atom is 0.129 e. The number of hydrogen-bond donors (Lipinski definition) is 1. The highest BCUT2D eigenvalue weighted by Gasteiger charge is 2.12. The van der Waals surface area contributed by atoms with Crippen LogP contribution in [0.15, 0.2) is 0 Å². The van der Waals surface area contributed by atoms with Gasteiger partial charge in [-0.3, -0.25) is 0 Å². The van der Waals surface area contributed by atoms with E-state index < -0.39 is 0 Å². The number of rotatable bonds is 5. The quantitative estimate of drug-likeness (QED) is 0.852. The average Bonchev–Trinajstić information content (AvgIpc) is 2.22. The van der Waals surface area contributed by atoms with Gasteiger partial charge in [-0.2, -0.15) is 0 Å². The molecule has 3 heteroatoms. The van der Waals surface area contributed by atoms with Crippen LogP contribution in [0.5, 0.6) is 0 Å². The zero-order valence-corrected chi connectivity index (χ0v) is 11.7. The van der Waals surface area contributed by atoms with Crippen molar-refractivity contribution in [2.45, 2.75) is 47.5 Å². The van der Waals surface area contributed by atoms with Crippen molar-refractivity contribution in [3.8, 4) is 0 Å². The zero-order valence-electron chi connectivity index (χ0n) is 11.7. The molecule has 0 saturated carbocycles. The van der Waals surface area contributed by atoms with E-state index in [-0.39, 0.29) is 0 Å². The van der Waals surface area contributed by atoms with Crippen LogP contribution in [0.2, 0.25) is 0 Å². The van der Waals surface area contributed by atoms with Crippen LogP contribution < -0.4 is 5.73 Å². The maximum atomic E-state index is 5.68. The smallest absolute Gasteiger partial charge is 0.129 e. The number of hydrogen-bond acceptors (Lipinski definition) is 3. The first-order chi connectivity index (χ1) is 7.93. The molecule has 0 amide bonds. The summed E-state index contributed by atoms with van der Waals surface area (Å²) in [6.07, 6.45) is 1.94. The first-order valence-corrected chi connectivity index (χ1v) is 6.47. The molecule has 0 aromatic carbocycles. The third kappa shape index (κ3) is 4.08. The molecule has 17 heavy (non-hydrogen) atoms. The zero-order chi connectivity index (χ0) is 13.0. The van der Waals surface area contributed by atoms with Gasteiger partial charge in [-0.25, -0.2) is 9.97 Å². The molecular formula is C14H25N3. The molecule has 1 heterocycles. The van der Waals surface area contributed by atoms with Crippen molar-refractivity contribution in [1.29, 1.82) is 0 Å². The predicted octanol–water partition coefficient (Wildman–Crippen LogP) is 2.43. The van der Waals surface area contributed by atoms with Crippen LogP contribution >= 0.6 is 0 Å². The molecule has 0 spiro atoms. The van der Waals surface area contributed by atoms with Crippen molar-refractivity contribution in [3.05, 3.63) is 22.8 Å². The number of aryl methyl sites for hydroxylation is 2. The Hall–Kier alpha value is -0.960. The minimum Gasteiger partial charge on any atom is -0.330 e. The van der Waals surface area contributed by atoms with E-state index in [1.54, 1.807) is 0 Å². The van der Waals surface area contributed by atoms with Crippen molar-refractivity contribution in [2.75, 3.05) is 6.54 Å². The second-order valence-corrected chi connectivity index (χ2v) is 5.43. The second-order valence-electron chi connectivity index (χ2n) is 5.43. The lowest BCUT2D eigenvalue weighted by molar-refractivity contribution is 0.578. The first kappa shape index (κ1) is 14.1. The molecule has 0 aliphatic carbocycles. The first-order valence-electron chi connectivity index (χ1n) is 6.47. The Morgan fingerprint density at radius 1 is 1.00 bits per heavy atom. The average molecular weight is 235 g/mol. The largest absolute Gasteiger partial charge is 0.330 e. The van der Waals surface area contributed by atoms with Gasteiger partial charge in [0.25, 0.3) is 0 Å². The van der Waals surface area contributed by atoms with E-state index in [1.807, 2.05) is 0 Å². The van der Waals surface area contributed by atoms with Crippen molar-refractivity contribution >= 4 is 0 Å². The molecule has 3 nitrogen and oxygen atoms in total.